The first-order chi connectivity index (χ1) is 8.68. The van der Waals surface area contributed by atoms with Crippen LogP contribution in [0.25, 0.3) is 0 Å². The Kier molecular flexibility index (Phi) is 4.25. The van der Waals surface area contributed by atoms with Crippen LogP contribution < -0.4 is 5.32 Å². The highest BCUT2D eigenvalue weighted by Crippen LogP contribution is 2.37. The van der Waals surface area contributed by atoms with Crippen LogP contribution in [0.4, 0.5) is 0 Å². The van der Waals surface area contributed by atoms with E-state index in [9.17, 15) is 9.59 Å². The first-order valence-electron chi connectivity index (χ1n) is 5.89. The minimum Gasteiger partial charge on any atom is -0.481 e. The number of nitrogens with one attached hydrogen (secondary N) is 1. The SMILES string of the molecule is O=C(O)CCNC(=O)C1CCSc2ccccc21. The third-order valence-electron chi connectivity index (χ3n) is 2.91. The number of aliphatic carboxylic acids is 1. The average Bonchev–Trinajstić information content (AvgIpc) is 2.37. The minimum absolute atomic E-state index is 0.0329. The van der Waals surface area contributed by atoms with Gasteiger partial charge in [0.25, 0.3) is 0 Å². The quantitative estimate of drug-likeness (QED) is 0.872. The Balaban J connectivity index is 2.01. The van der Waals surface area contributed by atoms with Gasteiger partial charge in [-0.1, -0.05) is 18.2 Å². The summed E-state index contributed by atoms with van der Waals surface area (Å²) < 4.78 is 0. The van der Waals surface area contributed by atoms with Crippen molar-refractivity contribution in [2.75, 3.05) is 12.3 Å². The van der Waals surface area contributed by atoms with Gasteiger partial charge in [0.1, 0.15) is 0 Å². The van der Waals surface area contributed by atoms with E-state index in [4.69, 9.17) is 5.11 Å². The van der Waals surface area contributed by atoms with Gasteiger partial charge in [0.15, 0.2) is 0 Å². The van der Waals surface area contributed by atoms with Crippen LogP contribution in [0.15, 0.2) is 29.2 Å². The van der Waals surface area contributed by atoms with Crippen LogP contribution in [0.3, 0.4) is 0 Å². The van der Waals surface area contributed by atoms with E-state index in [0.29, 0.717) is 0 Å². The lowest BCUT2D eigenvalue weighted by atomic mass is 9.95. The fraction of sp³-hybridized carbons (Fsp3) is 0.385. The van der Waals surface area contributed by atoms with Crippen LogP contribution >= 0.6 is 11.8 Å². The summed E-state index contributed by atoms with van der Waals surface area (Å²) in [6, 6.07) is 7.90. The summed E-state index contributed by atoms with van der Waals surface area (Å²) in [4.78, 5) is 23.6. The van der Waals surface area contributed by atoms with Gasteiger partial charge in [-0.15, -0.1) is 11.8 Å². The highest BCUT2D eigenvalue weighted by molar-refractivity contribution is 7.99. The van der Waals surface area contributed by atoms with Gasteiger partial charge >= 0.3 is 5.97 Å². The Labute approximate surface area is 110 Å². The number of hydrogen-bond acceptors (Lipinski definition) is 3. The Morgan fingerprint density at radius 2 is 2.17 bits per heavy atom. The molecule has 2 rings (SSSR count). The molecule has 1 aliphatic rings. The Morgan fingerprint density at radius 1 is 1.39 bits per heavy atom. The molecule has 0 fully saturated rings. The third kappa shape index (κ3) is 3.04. The molecule has 1 atom stereocenters. The van der Waals surface area contributed by atoms with Crippen molar-refractivity contribution in [3.63, 3.8) is 0 Å². The molecule has 4 nitrogen and oxygen atoms in total. The van der Waals surface area contributed by atoms with Gasteiger partial charge in [-0.25, -0.2) is 0 Å². The molecule has 0 saturated carbocycles. The summed E-state index contributed by atoms with van der Waals surface area (Å²) in [5, 5.41) is 11.2. The second-order valence-electron chi connectivity index (χ2n) is 4.16. The lowest BCUT2D eigenvalue weighted by Crippen LogP contribution is -2.32. The molecule has 0 spiro atoms. The van der Waals surface area contributed by atoms with E-state index >= 15 is 0 Å². The molecular formula is C13H15NO3S. The van der Waals surface area contributed by atoms with Gasteiger partial charge in [0, 0.05) is 11.4 Å². The molecular weight excluding hydrogens is 250 g/mol. The normalized spacial score (nSPS) is 17.9. The number of carbonyl (C=O) groups excluding carboxylic acids is 1. The van der Waals surface area contributed by atoms with Gasteiger partial charge < -0.3 is 10.4 Å². The van der Waals surface area contributed by atoms with Crippen LogP contribution in [-0.4, -0.2) is 29.3 Å². The Hall–Kier alpha value is -1.49. The maximum Gasteiger partial charge on any atom is 0.305 e. The van der Waals surface area contributed by atoms with Crippen molar-refractivity contribution in [1.29, 1.82) is 0 Å². The van der Waals surface area contributed by atoms with E-state index in [1.807, 2.05) is 24.3 Å². The van der Waals surface area contributed by atoms with Crippen molar-refractivity contribution >= 4 is 23.6 Å². The molecule has 1 aromatic carbocycles. The Morgan fingerprint density at radius 3 is 2.94 bits per heavy atom. The van der Waals surface area contributed by atoms with Crippen LogP contribution in [0, 0.1) is 0 Å². The highest BCUT2D eigenvalue weighted by Gasteiger charge is 2.26. The first-order valence-corrected chi connectivity index (χ1v) is 6.88. The zero-order chi connectivity index (χ0) is 13.0. The number of benzene rings is 1. The molecule has 0 saturated heterocycles. The first kappa shape index (κ1) is 13.0. The predicted octanol–water partition coefficient (Wildman–Crippen LogP) is 1.86. The topological polar surface area (TPSA) is 66.4 Å². The molecule has 2 N–H and O–H groups in total. The lowest BCUT2D eigenvalue weighted by Gasteiger charge is -2.24. The van der Waals surface area contributed by atoms with Gasteiger partial charge in [-0.2, -0.15) is 0 Å². The second-order valence-corrected chi connectivity index (χ2v) is 5.30. The van der Waals surface area contributed by atoms with E-state index < -0.39 is 5.97 Å². The van der Waals surface area contributed by atoms with E-state index in [1.54, 1.807) is 11.8 Å². The van der Waals surface area contributed by atoms with Gasteiger partial charge in [-0.05, 0) is 23.8 Å². The van der Waals surface area contributed by atoms with Crippen LogP contribution in [-0.2, 0) is 9.59 Å². The molecule has 0 bridgehead atoms. The van der Waals surface area contributed by atoms with Crippen LogP contribution in [0.1, 0.15) is 24.3 Å². The number of thioether (sulfide) groups is 1. The smallest absolute Gasteiger partial charge is 0.305 e. The predicted molar refractivity (Wildman–Crippen MR) is 69.8 cm³/mol. The highest BCUT2D eigenvalue weighted by atomic mass is 32.2. The summed E-state index contributed by atoms with van der Waals surface area (Å²) in [5.41, 5.74) is 1.06. The van der Waals surface area contributed by atoms with Crippen LogP contribution in [0.5, 0.6) is 0 Å². The number of fused-ring (bicyclic) bond motifs is 1. The largest absolute Gasteiger partial charge is 0.481 e. The van der Waals surface area contributed by atoms with E-state index in [2.05, 4.69) is 5.32 Å². The van der Waals surface area contributed by atoms with E-state index in [0.717, 1.165) is 22.6 Å². The fourth-order valence-electron chi connectivity index (χ4n) is 2.03. The molecule has 1 heterocycles. The molecule has 1 aliphatic heterocycles. The van der Waals surface area contributed by atoms with Crippen molar-refractivity contribution in [2.45, 2.75) is 23.7 Å². The average molecular weight is 265 g/mol. The molecule has 18 heavy (non-hydrogen) atoms. The monoisotopic (exact) mass is 265 g/mol. The molecule has 1 amide bonds. The van der Waals surface area contributed by atoms with E-state index in [1.165, 1.54) is 0 Å². The molecule has 0 aromatic heterocycles. The number of amides is 1. The lowest BCUT2D eigenvalue weighted by molar-refractivity contribution is -0.136. The maximum atomic E-state index is 12.0. The fourth-order valence-corrected chi connectivity index (χ4v) is 3.16. The number of hydrogen-bond donors (Lipinski definition) is 2. The van der Waals surface area contributed by atoms with Crippen LogP contribution in [0.2, 0.25) is 0 Å². The summed E-state index contributed by atoms with van der Waals surface area (Å²) in [6.07, 6.45) is 0.773. The van der Waals surface area contributed by atoms with Crippen molar-refractivity contribution in [2.24, 2.45) is 0 Å². The maximum absolute atomic E-state index is 12.0. The van der Waals surface area contributed by atoms with Crippen molar-refractivity contribution in [3.05, 3.63) is 29.8 Å². The summed E-state index contributed by atoms with van der Waals surface area (Å²) >= 11 is 1.76. The number of rotatable bonds is 4. The second kappa shape index (κ2) is 5.91. The zero-order valence-corrected chi connectivity index (χ0v) is 10.7. The third-order valence-corrected chi connectivity index (χ3v) is 4.04. The zero-order valence-electron chi connectivity index (χ0n) is 9.89. The van der Waals surface area contributed by atoms with Gasteiger partial charge in [0.05, 0.1) is 12.3 Å². The molecule has 0 radical (unpaired) electrons. The molecule has 0 aliphatic carbocycles. The summed E-state index contributed by atoms with van der Waals surface area (Å²) in [6.45, 7) is 0.194. The van der Waals surface area contributed by atoms with E-state index in [-0.39, 0.29) is 24.8 Å². The number of carbonyl (C=O) groups is 2. The molecule has 1 aromatic rings. The Bertz CT molecular complexity index is 461. The van der Waals surface area contributed by atoms with Crippen molar-refractivity contribution in [3.8, 4) is 0 Å². The number of carboxylic acids is 1. The number of carboxylic acid groups (broad SMARTS) is 1. The van der Waals surface area contributed by atoms with Crippen molar-refractivity contribution < 1.29 is 14.7 Å². The molecule has 5 heteroatoms. The van der Waals surface area contributed by atoms with Gasteiger partial charge in [0.2, 0.25) is 5.91 Å². The minimum atomic E-state index is -0.894. The molecule has 1 unspecified atom stereocenters. The molecule has 96 valence electrons. The van der Waals surface area contributed by atoms with Gasteiger partial charge in [-0.3, -0.25) is 9.59 Å². The summed E-state index contributed by atoms with van der Waals surface area (Å²) in [7, 11) is 0. The summed E-state index contributed by atoms with van der Waals surface area (Å²) in [5.74, 6) is -0.177. The van der Waals surface area contributed by atoms with Crippen molar-refractivity contribution in [1.82, 2.24) is 5.32 Å². The standard InChI is InChI=1S/C13H15NO3S/c15-12(16)5-7-14-13(17)10-6-8-18-11-4-2-1-3-9(10)11/h1-4,10H,5-8H2,(H,14,17)(H,15,16).